The fourth-order valence-electron chi connectivity index (χ4n) is 1.59. The number of carbonyl (C=O) groups is 1. The molecule has 1 unspecified atom stereocenters. The molecule has 0 aliphatic heterocycles. The summed E-state index contributed by atoms with van der Waals surface area (Å²) in [5, 5.41) is 12.8. The lowest BCUT2D eigenvalue weighted by Gasteiger charge is -2.12. The average Bonchev–Trinajstić information content (AvgIpc) is 2.42. The van der Waals surface area contributed by atoms with Crippen molar-refractivity contribution in [3.8, 4) is 0 Å². The molecule has 112 valence electrons. The molecule has 0 radical (unpaired) electrons. The van der Waals surface area contributed by atoms with Crippen LogP contribution in [0, 0.1) is 0 Å². The summed E-state index contributed by atoms with van der Waals surface area (Å²) in [5.74, 6) is -0.315. The molecular weight excluding hydrogens is 282 g/mol. The number of esters is 1. The Morgan fingerprint density at radius 3 is 2.45 bits per heavy atom. The smallest absolute Gasteiger partial charge is 0.306 e. The molecule has 0 saturated carbocycles. The molecule has 1 aromatic rings. The highest BCUT2D eigenvalue weighted by atomic mass is 32.2. The number of aliphatic hydroxyl groups is 1. The van der Waals surface area contributed by atoms with Crippen molar-refractivity contribution in [1.82, 2.24) is 5.32 Å². The maximum atomic E-state index is 11.3. The molecule has 0 heterocycles. The summed E-state index contributed by atoms with van der Waals surface area (Å²) in [7, 11) is -1.91. The number of benzene rings is 1. The van der Waals surface area contributed by atoms with E-state index in [-0.39, 0.29) is 23.8 Å². The minimum absolute atomic E-state index is 0.215. The van der Waals surface area contributed by atoms with E-state index in [2.05, 4.69) is 10.1 Å². The number of nitrogens with one attached hydrogen (secondary N) is 1. The van der Waals surface area contributed by atoms with Crippen molar-refractivity contribution in [3.63, 3.8) is 0 Å². The molecule has 0 aliphatic rings. The van der Waals surface area contributed by atoms with Crippen LogP contribution in [0.2, 0.25) is 0 Å². The minimum atomic E-state index is -3.23. The van der Waals surface area contributed by atoms with Gasteiger partial charge in [-0.1, -0.05) is 12.1 Å². The predicted molar refractivity (Wildman–Crippen MR) is 74.0 cm³/mol. The van der Waals surface area contributed by atoms with Crippen LogP contribution in [-0.4, -0.2) is 45.9 Å². The molecule has 6 nitrogen and oxygen atoms in total. The molecule has 1 atom stereocenters. The van der Waals surface area contributed by atoms with Crippen molar-refractivity contribution in [3.05, 3.63) is 29.8 Å². The molecule has 20 heavy (non-hydrogen) atoms. The van der Waals surface area contributed by atoms with Gasteiger partial charge >= 0.3 is 5.97 Å². The highest BCUT2D eigenvalue weighted by molar-refractivity contribution is 7.90. The van der Waals surface area contributed by atoms with Gasteiger partial charge in [0.15, 0.2) is 9.84 Å². The second kappa shape index (κ2) is 7.37. The second-order valence-electron chi connectivity index (χ2n) is 4.39. The Bertz CT molecular complexity index is 538. The highest BCUT2D eigenvalue weighted by Crippen LogP contribution is 2.15. The van der Waals surface area contributed by atoms with Gasteiger partial charge in [-0.15, -0.1) is 0 Å². The fourth-order valence-corrected chi connectivity index (χ4v) is 2.22. The van der Waals surface area contributed by atoms with Crippen LogP contribution in [0.15, 0.2) is 29.2 Å². The zero-order chi connectivity index (χ0) is 15.2. The van der Waals surface area contributed by atoms with Crippen molar-refractivity contribution < 1.29 is 23.1 Å². The van der Waals surface area contributed by atoms with E-state index in [1.165, 1.54) is 19.2 Å². The van der Waals surface area contributed by atoms with E-state index >= 15 is 0 Å². The standard InChI is InChI=1S/C13H19NO5S/c1-19-13(16)7-8-14-9-12(15)10-3-5-11(6-4-10)20(2,17)18/h3-6,12,14-15H,7-9H2,1-2H3. The number of aliphatic hydroxyl groups excluding tert-OH is 1. The number of carbonyl (C=O) groups excluding carboxylic acids is 1. The van der Waals surface area contributed by atoms with Crippen LogP contribution < -0.4 is 5.32 Å². The third-order valence-electron chi connectivity index (χ3n) is 2.76. The zero-order valence-electron chi connectivity index (χ0n) is 11.5. The molecule has 0 spiro atoms. The Balaban J connectivity index is 2.48. The first-order valence-corrected chi connectivity index (χ1v) is 7.99. The fraction of sp³-hybridized carbons (Fsp3) is 0.462. The first kappa shape index (κ1) is 16.6. The van der Waals surface area contributed by atoms with E-state index in [1.54, 1.807) is 12.1 Å². The Hall–Kier alpha value is -1.44. The highest BCUT2D eigenvalue weighted by Gasteiger charge is 2.10. The van der Waals surface area contributed by atoms with Gasteiger partial charge in [0.05, 0.1) is 24.5 Å². The topological polar surface area (TPSA) is 92.7 Å². The Morgan fingerprint density at radius 2 is 1.95 bits per heavy atom. The summed E-state index contributed by atoms with van der Waals surface area (Å²) in [6.07, 6.45) is 0.601. The lowest BCUT2D eigenvalue weighted by atomic mass is 10.1. The SMILES string of the molecule is COC(=O)CCNCC(O)c1ccc(S(C)(=O)=O)cc1. The van der Waals surface area contributed by atoms with E-state index < -0.39 is 15.9 Å². The number of hydrogen-bond donors (Lipinski definition) is 2. The van der Waals surface area contributed by atoms with Gasteiger partial charge in [-0.05, 0) is 17.7 Å². The normalized spacial score (nSPS) is 12.9. The van der Waals surface area contributed by atoms with Crippen LogP contribution in [0.3, 0.4) is 0 Å². The number of rotatable bonds is 7. The van der Waals surface area contributed by atoms with Gasteiger partial charge in [-0.3, -0.25) is 4.79 Å². The predicted octanol–water partition coefficient (Wildman–Crippen LogP) is 0.276. The summed E-state index contributed by atoms with van der Waals surface area (Å²) in [6, 6.07) is 6.07. The summed E-state index contributed by atoms with van der Waals surface area (Å²) in [4.78, 5) is 11.1. The Morgan fingerprint density at radius 1 is 1.35 bits per heavy atom. The number of ether oxygens (including phenoxy) is 1. The van der Waals surface area contributed by atoms with Gasteiger partial charge in [0, 0.05) is 19.3 Å². The molecule has 0 amide bonds. The Kier molecular flexibility index (Phi) is 6.12. The average molecular weight is 301 g/mol. The largest absolute Gasteiger partial charge is 0.469 e. The van der Waals surface area contributed by atoms with Gasteiger partial charge in [-0.2, -0.15) is 0 Å². The van der Waals surface area contributed by atoms with Crippen molar-refractivity contribution >= 4 is 15.8 Å². The van der Waals surface area contributed by atoms with Crippen LogP contribution in [0.1, 0.15) is 18.1 Å². The third kappa shape index (κ3) is 5.28. The lowest BCUT2D eigenvalue weighted by Crippen LogP contribution is -2.24. The number of hydrogen-bond acceptors (Lipinski definition) is 6. The summed E-state index contributed by atoms with van der Waals surface area (Å²) in [5.41, 5.74) is 0.614. The van der Waals surface area contributed by atoms with Gasteiger partial charge < -0.3 is 15.2 Å². The van der Waals surface area contributed by atoms with Gasteiger partial charge in [0.25, 0.3) is 0 Å². The van der Waals surface area contributed by atoms with Gasteiger partial charge in [-0.25, -0.2) is 8.42 Å². The number of sulfone groups is 1. The lowest BCUT2D eigenvalue weighted by molar-refractivity contribution is -0.140. The molecule has 0 saturated heterocycles. The van der Waals surface area contributed by atoms with E-state index in [0.717, 1.165) is 6.26 Å². The molecule has 2 N–H and O–H groups in total. The first-order valence-electron chi connectivity index (χ1n) is 6.10. The van der Waals surface area contributed by atoms with E-state index in [0.29, 0.717) is 12.1 Å². The summed E-state index contributed by atoms with van der Waals surface area (Å²) in [6.45, 7) is 0.681. The van der Waals surface area contributed by atoms with Crippen molar-refractivity contribution in [2.45, 2.75) is 17.4 Å². The summed E-state index contributed by atoms with van der Waals surface area (Å²) < 4.78 is 27.1. The van der Waals surface area contributed by atoms with Crippen LogP contribution in [0.4, 0.5) is 0 Å². The molecule has 1 rings (SSSR count). The maximum absolute atomic E-state index is 11.3. The van der Waals surface area contributed by atoms with Crippen LogP contribution in [0.25, 0.3) is 0 Å². The van der Waals surface area contributed by atoms with Crippen LogP contribution in [-0.2, 0) is 19.4 Å². The molecule has 0 aliphatic carbocycles. The molecular formula is C13H19NO5S. The van der Waals surface area contributed by atoms with Gasteiger partial charge in [0.2, 0.25) is 0 Å². The van der Waals surface area contributed by atoms with Crippen molar-refractivity contribution in [2.75, 3.05) is 26.5 Å². The Labute approximate surface area is 118 Å². The molecule has 1 aromatic carbocycles. The summed E-state index contributed by atoms with van der Waals surface area (Å²) >= 11 is 0. The first-order chi connectivity index (χ1) is 9.34. The minimum Gasteiger partial charge on any atom is -0.469 e. The molecule has 0 bridgehead atoms. The third-order valence-corrected chi connectivity index (χ3v) is 3.89. The maximum Gasteiger partial charge on any atom is 0.306 e. The van der Waals surface area contributed by atoms with Gasteiger partial charge in [0.1, 0.15) is 0 Å². The second-order valence-corrected chi connectivity index (χ2v) is 6.40. The molecule has 0 aromatic heterocycles. The van der Waals surface area contributed by atoms with Crippen molar-refractivity contribution in [1.29, 1.82) is 0 Å². The monoisotopic (exact) mass is 301 g/mol. The molecule has 7 heteroatoms. The van der Waals surface area contributed by atoms with Crippen LogP contribution >= 0.6 is 0 Å². The number of methoxy groups -OCH3 is 1. The van der Waals surface area contributed by atoms with Crippen molar-refractivity contribution in [2.24, 2.45) is 0 Å². The zero-order valence-corrected chi connectivity index (χ0v) is 12.3. The van der Waals surface area contributed by atoms with E-state index in [4.69, 9.17) is 0 Å². The molecule has 0 fully saturated rings. The quantitative estimate of drug-likeness (QED) is 0.555. The van der Waals surface area contributed by atoms with E-state index in [1.807, 2.05) is 0 Å². The van der Waals surface area contributed by atoms with E-state index in [9.17, 15) is 18.3 Å². The van der Waals surface area contributed by atoms with Crippen LogP contribution in [0.5, 0.6) is 0 Å².